The minimum Gasteiger partial charge on any atom is -0.497 e. The van der Waals surface area contributed by atoms with Gasteiger partial charge < -0.3 is 14.6 Å². The van der Waals surface area contributed by atoms with Crippen LogP contribution in [0.5, 0.6) is 5.75 Å². The summed E-state index contributed by atoms with van der Waals surface area (Å²) in [6, 6.07) is 7.65. The first-order valence-corrected chi connectivity index (χ1v) is 11.9. The number of carbonyl (C=O) groups excluding carboxylic acids is 1. The molecule has 1 aliphatic heterocycles. The van der Waals surface area contributed by atoms with E-state index in [0.29, 0.717) is 13.0 Å². The van der Waals surface area contributed by atoms with E-state index < -0.39 is 0 Å². The van der Waals surface area contributed by atoms with Crippen molar-refractivity contribution in [3.8, 4) is 5.75 Å². The summed E-state index contributed by atoms with van der Waals surface area (Å²) in [6.07, 6.45) is 6.57. The molecule has 1 atom stereocenters. The van der Waals surface area contributed by atoms with Crippen LogP contribution >= 0.6 is 11.3 Å². The van der Waals surface area contributed by atoms with E-state index in [9.17, 15) is 9.59 Å². The predicted octanol–water partition coefficient (Wildman–Crippen LogP) is 3.82. The average Bonchev–Trinajstić information content (AvgIpc) is 3.18. The molecule has 3 aromatic rings. The maximum Gasteiger partial charge on any atom is 0.259 e. The molecule has 1 unspecified atom stereocenters. The molecule has 1 saturated heterocycles. The van der Waals surface area contributed by atoms with Crippen LogP contribution in [-0.2, 0) is 24.1 Å². The Bertz CT molecular complexity index is 1180. The van der Waals surface area contributed by atoms with Crippen molar-refractivity contribution in [1.82, 2.24) is 14.9 Å². The fraction of sp³-hybridized carbons (Fsp3) is 0.458. The van der Waals surface area contributed by atoms with Gasteiger partial charge in [0, 0.05) is 23.9 Å². The standard InChI is InChI=1S/C24H27N3O3S/c1-30-17-8-4-6-15(12-17)13-20(28)27-11-5-7-16(14-27)22-25-23(29)21-18-9-2-3-10-19(18)31-24(21)26-22/h4,6,8,12,16H,2-3,5,7,9-11,13-14H2,1H3,(H,25,26,29). The molecule has 1 aromatic carbocycles. The number of benzene rings is 1. The second-order valence-electron chi connectivity index (χ2n) is 8.55. The van der Waals surface area contributed by atoms with Crippen molar-refractivity contribution in [2.75, 3.05) is 20.2 Å². The maximum atomic E-state index is 13.0. The second kappa shape index (κ2) is 8.46. The minimum atomic E-state index is -0.0146. The Hall–Kier alpha value is -2.67. The van der Waals surface area contributed by atoms with Crippen LogP contribution in [-0.4, -0.2) is 41.0 Å². The molecule has 1 amide bonds. The van der Waals surface area contributed by atoms with Crippen LogP contribution in [0.25, 0.3) is 10.2 Å². The number of hydrogen-bond acceptors (Lipinski definition) is 5. The van der Waals surface area contributed by atoms with Gasteiger partial charge in [-0.1, -0.05) is 12.1 Å². The van der Waals surface area contributed by atoms with E-state index in [2.05, 4.69) is 4.98 Å². The van der Waals surface area contributed by atoms with E-state index in [1.165, 1.54) is 16.9 Å². The highest BCUT2D eigenvalue weighted by atomic mass is 32.1. The summed E-state index contributed by atoms with van der Waals surface area (Å²) in [5.41, 5.74) is 2.15. The smallest absolute Gasteiger partial charge is 0.259 e. The Morgan fingerprint density at radius 2 is 2.16 bits per heavy atom. The fourth-order valence-electron chi connectivity index (χ4n) is 4.87. The molecule has 2 aliphatic rings. The number of rotatable bonds is 4. The van der Waals surface area contributed by atoms with Gasteiger partial charge in [-0.05, 0) is 61.8 Å². The molecule has 0 bridgehead atoms. The van der Waals surface area contributed by atoms with Gasteiger partial charge in [0.25, 0.3) is 5.56 Å². The number of fused-ring (bicyclic) bond motifs is 3. The largest absolute Gasteiger partial charge is 0.497 e. The third kappa shape index (κ3) is 3.99. The second-order valence-corrected chi connectivity index (χ2v) is 9.63. The molecule has 0 spiro atoms. The van der Waals surface area contributed by atoms with E-state index >= 15 is 0 Å². The lowest BCUT2D eigenvalue weighted by molar-refractivity contribution is -0.131. The van der Waals surface area contributed by atoms with Gasteiger partial charge >= 0.3 is 0 Å². The highest BCUT2D eigenvalue weighted by molar-refractivity contribution is 7.18. The highest BCUT2D eigenvalue weighted by Gasteiger charge is 2.28. The number of piperidine rings is 1. The van der Waals surface area contributed by atoms with Crippen LogP contribution in [0.15, 0.2) is 29.1 Å². The Labute approximate surface area is 185 Å². The van der Waals surface area contributed by atoms with Crippen LogP contribution in [0.2, 0.25) is 0 Å². The number of hydrogen-bond donors (Lipinski definition) is 1. The summed E-state index contributed by atoms with van der Waals surface area (Å²) < 4.78 is 5.27. The van der Waals surface area contributed by atoms with E-state index in [-0.39, 0.29) is 17.4 Å². The summed E-state index contributed by atoms with van der Waals surface area (Å²) in [5.74, 6) is 1.66. The summed E-state index contributed by atoms with van der Waals surface area (Å²) in [6.45, 7) is 1.35. The van der Waals surface area contributed by atoms with Crippen molar-refractivity contribution >= 4 is 27.5 Å². The molecule has 1 fully saturated rings. The summed E-state index contributed by atoms with van der Waals surface area (Å²) >= 11 is 1.68. The Kier molecular flexibility index (Phi) is 5.52. The molecule has 0 radical (unpaired) electrons. The van der Waals surface area contributed by atoms with E-state index in [4.69, 9.17) is 9.72 Å². The first-order chi connectivity index (χ1) is 15.1. The summed E-state index contributed by atoms with van der Waals surface area (Å²) in [5, 5.41) is 0.796. The number of amides is 1. The third-order valence-corrected chi connectivity index (χ3v) is 7.68. The van der Waals surface area contributed by atoms with Crippen molar-refractivity contribution in [2.24, 2.45) is 0 Å². The van der Waals surface area contributed by atoms with Crippen molar-refractivity contribution < 1.29 is 9.53 Å². The number of nitrogens with one attached hydrogen (secondary N) is 1. The number of thiophene rings is 1. The zero-order valence-corrected chi connectivity index (χ0v) is 18.6. The maximum absolute atomic E-state index is 13.0. The van der Waals surface area contributed by atoms with Crippen LogP contribution in [0, 0.1) is 0 Å². The molecule has 1 aliphatic carbocycles. The topological polar surface area (TPSA) is 75.3 Å². The number of aromatic nitrogens is 2. The van der Waals surface area contributed by atoms with Gasteiger partial charge in [0.15, 0.2) is 0 Å². The molecule has 0 saturated carbocycles. The normalized spacial score (nSPS) is 18.7. The minimum absolute atomic E-state index is 0.0146. The van der Waals surface area contributed by atoms with E-state index in [1.807, 2.05) is 29.2 Å². The molecular formula is C24H27N3O3S. The van der Waals surface area contributed by atoms with Crippen molar-refractivity contribution in [3.63, 3.8) is 0 Å². The lowest BCUT2D eigenvalue weighted by atomic mass is 9.95. The fourth-order valence-corrected chi connectivity index (χ4v) is 6.14. The van der Waals surface area contributed by atoms with Crippen LogP contribution in [0.3, 0.4) is 0 Å². The summed E-state index contributed by atoms with van der Waals surface area (Å²) in [7, 11) is 1.63. The quantitative estimate of drug-likeness (QED) is 0.673. The van der Waals surface area contributed by atoms with Crippen molar-refractivity contribution in [2.45, 2.75) is 50.9 Å². The number of aryl methyl sites for hydroxylation is 2. The lowest BCUT2D eigenvalue weighted by Crippen LogP contribution is -2.40. The molecular weight excluding hydrogens is 410 g/mol. The van der Waals surface area contributed by atoms with Gasteiger partial charge in [0.1, 0.15) is 16.4 Å². The first kappa shape index (κ1) is 20.2. The van der Waals surface area contributed by atoms with Gasteiger partial charge in [0.05, 0.1) is 18.9 Å². The number of methoxy groups -OCH3 is 1. The number of likely N-dealkylation sites (tertiary alicyclic amines) is 1. The zero-order chi connectivity index (χ0) is 21.4. The Morgan fingerprint density at radius 1 is 1.29 bits per heavy atom. The molecule has 2 aromatic heterocycles. The van der Waals surface area contributed by atoms with Crippen molar-refractivity contribution in [3.05, 3.63) is 56.4 Å². The lowest BCUT2D eigenvalue weighted by Gasteiger charge is -2.32. The van der Waals surface area contributed by atoms with E-state index in [0.717, 1.165) is 66.0 Å². The number of ether oxygens (including phenoxy) is 1. The van der Waals surface area contributed by atoms with Gasteiger partial charge in [-0.15, -0.1) is 11.3 Å². The van der Waals surface area contributed by atoms with Gasteiger partial charge in [-0.3, -0.25) is 9.59 Å². The zero-order valence-electron chi connectivity index (χ0n) is 17.8. The summed E-state index contributed by atoms with van der Waals surface area (Å²) in [4.78, 5) is 37.9. The molecule has 162 valence electrons. The highest BCUT2D eigenvalue weighted by Crippen LogP contribution is 2.34. The SMILES string of the molecule is COc1cccc(CC(=O)N2CCCC(c3nc4sc5c(c4c(=O)[nH]3)CCCC5)C2)c1. The molecule has 6 nitrogen and oxygen atoms in total. The Morgan fingerprint density at radius 3 is 3.03 bits per heavy atom. The van der Waals surface area contributed by atoms with Crippen LogP contribution < -0.4 is 10.3 Å². The first-order valence-electron chi connectivity index (χ1n) is 11.1. The van der Waals surface area contributed by atoms with Crippen LogP contribution in [0.1, 0.15) is 53.4 Å². The molecule has 5 rings (SSSR count). The predicted molar refractivity (Wildman–Crippen MR) is 122 cm³/mol. The number of aromatic amines is 1. The van der Waals surface area contributed by atoms with Gasteiger partial charge in [-0.25, -0.2) is 4.98 Å². The molecule has 1 N–H and O–H groups in total. The molecule has 7 heteroatoms. The van der Waals surface area contributed by atoms with Crippen LogP contribution in [0.4, 0.5) is 0 Å². The number of H-pyrrole nitrogens is 1. The molecule has 31 heavy (non-hydrogen) atoms. The van der Waals surface area contributed by atoms with Crippen molar-refractivity contribution in [1.29, 1.82) is 0 Å². The Balaban J connectivity index is 1.35. The van der Waals surface area contributed by atoms with Gasteiger partial charge in [-0.2, -0.15) is 0 Å². The van der Waals surface area contributed by atoms with E-state index in [1.54, 1.807) is 18.4 Å². The average molecular weight is 438 g/mol. The monoisotopic (exact) mass is 437 g/mol. The number of nitrogens with zero attached hydrogens (tertiary/aromatic N) is 2. The van der Waals surface area contributed by atoms with Gasteiger partial charge in [0.2, 0.25) is 5.91 Å². The molecule has 3 heterocycles. The number of carbonyl (C=O) groups is 1. The third-order valence-electron chi connectivity index (χ3n) is 6.49.